The smallest absolute Gasteiger partial charge is 0.241 e. The van der Waals surface area contributed by atoms with Crippen LogP contribution in [0, 0.1) is 0 Å². The molecular weight excluding hydrogens is 384 g/mol. The molecule has 1 aliphatic rings. The second-order valence-corrected chi connectivity index (χ2v) is 10.7. The summed E-state index contributed by atoms with van der Waals surface area (Å²) in [6.45, 7) is 1.05. The molecule has 1 aromatic carbocycles. The Labute approximate surface area is 153 Å². The van der Waals surface area contributed by atoms with Crippen LogP contribution in [0.2, 0.25) is 4.34 Å². The van der Waals surface area contributed by atoms with Crippen LogP contribution in [0.4, 0.5) is 0 Å². The molecule has 0 saturated carbocycles. The van der Waals surface area contributed by atoms with E-state index >= 15 is 0 Å². The zero-order chi connectivity index (χ0) is 16.7. The van der Waals surface area contributed by atoms with E-state index in [4.69, 9.17) is 16.6 Å². The summed E-state index contributed by atoms with van der Waals surface area (Å²) >= 11 is 8.71. The number of aromatic nitrogens is 1. The molecule has 0 amide bonds. The summed E-state index contributed by atoms with van der Waals surface area (Å²) in [5, 5.41) is 1.12. The Morgan fingerprint density at radius 2 is 1.83 bits per heavy atom. The van der Waals surface area contributed by atoms with Gasteiger partial charge in [-0.15, -0.1) is 22.7 Å². The average molecular weight is 399 g/mol. The Bertz CT molecular complexity index is 939. The van der Waals surface area contributed by atoms with Crippen LogP contribution in [0.25, 0.3) is 10.2 Å². The topological polar surface area (TPSA) is 50.3 Å². The van der Waals surface area contributed by atoms with Crippen molar-refractivity contribution >= 4 is 54.5 Å². The van der Waals surface area contributed by atoms with Crippen molar-refractivity contribution in [3.05, 3.63) is 45.7 Å². The molecule has 2 aromatic heterocycles. The molecule has 0 N–H and O–H groups in total. The van der Waals surface area contributed by atoms with Gasteiger partial charge in [0, 0.05) is 19.0 Å². The highest BCUT2D eigenvalue weighted by atomic mass is 35.5. The minimum Gasteiger partial charge on any atom is -0.241 e. The maximum atomic E-state index is 12.6. The van der Waals surface area contributed by atoms with E-state index in [1.165, 1.54) is 4.70 Å². The summed E-state index contributed by atoms with van der Waals surface area (Å²) in [7, 11) is -3.42. The number of benzene rings is 1. The van der Waals surface area contributed by atoms with Gasteiger partial charge >= 0.3 is 0 Å². The van der Waals surface area contributed by atoms with Gasteiger partial charge < -0.3 is 0 Å². The Morgan fingerprint density at radius 3 is 2.50 bits per heavy atom. The third-order valence-corrected chi connectivity index (χ3v) is 9.05. The number of thiophene rings is 1. The molecule has 0 atom stereocenters. The number of hydrogen-bond acceptors (Lipinski definition) is 5. The summed E-state index contributed by atoms with van der Waals surface area (Å²) in [5.74, 6) is 0.334. The van der Waals surface area contributed by atoms with Crippen LogP contribution < -0.4 is 0 Å². The summed E-state index contributed by atoms with van der Waals surface area (Å²) in [6.07, 6.45) is 1.61. The van der Waals surface area contributed by atoms with Gasteiger partial charge in [0.1, 0.15) is 4.21 Å². The lowest BCUT2D eigenvalue weighted by molar-refractivity contribution is 0.320. The van der Waals surface area contributed by atoms with Crippen LogP contribution in [0.3, 0.4) is 0 Å². The number of nitrogens with zero attached hydrogens (tertiary/aromatic N) is 2. The van der Waals surface area contributed by atoms with Gasteiger partial charge in [-0.2, -0.15) is 4.31 Å². The van der Waals surface area contributed by atoms with Crippen LogP contribution >= 0.6 is 34.3 Å². The van der Waals surface area contributed by atoms with Crippen LogP contribution in [0.5, 0.6) is 0 Å². The van der Waals surface area contributed by atoms with Gasteiger partial charge in [-0.05, 0) is 37.1 Å². The minimum atomic E-state index is -3.42. The highest BCUT2D eigenvalue weighted by Crippen LogP contribution is 2.36. The number of sulfonamides is 1. The fourth-order valence-electron chi connectivity index (χ4n) is 2.97. The summed E-state index contributed by atoms with van der Waals surface area (Å²) in [5.41, 5.74) is 1.03. The van der Waals surface area contributed by atoms with Crippen LogP contribution in [0.1, 0.15) is 23.8 Å². The van der Waals surface area contributed by atoms with Gasteiger partial charge in [-0.1, -0.05) is 23.7 Å². The number of halogens is 1. The molecule has 126 valence electrons. The Hall–Kier alpha value is -0.990. The van der Waals surface area contributed by atoms with Gasteiger partial charge in [-0.3, -0.25) is 0 Å². The SMILES string of the molecule is O=S(=O)(c1ccc(Cl)s1)N1CCC(c2nc3ccccc3s2)CC1. The zero-order valence-corrected chi connectivity index (χ0v) is 15.9. The van der Waals surface area contributed by atoms with Gasteiger partial charge in [0.15, 0.2) is 0 Å². The lowest BCUT2D eigenvalue weighted by atomic mass is 9.99. The number of piperidine rings is 1. The molecule has 3 aromatic rings. The summed E-state index contributed by atoms with van der Waals surface area (Å²) in [4.78, 5) is 4.72. The monoisotopic (exact) mass is 398 g/mol. The third kappa shape index (κ3) is 2.99. The highest BCUT2D eigenvalue weighted by Gasteiger charge is 2.31. The molecule has 1 aliphatic heterocycles. The molecule has 1 saturated heterocycles. The van der Waals surface area contributed by atoms with Gasteiger partial charge in [0.05, 0.1) is 19.6 Å². The van der Waals surface area contributed by atoms with Crippen LogP contribution in [-0.4, -0.2) is 30.8 Å². The van der Waals surface area contributed by atoms with Gasteiger partial charge in [0.2, 0.25) is 0 Å². The molecule has 0 unspecified atom stereocenters. The number of thiazole rings is 1. The molecule has 1 fully saturated rings. The van der Waals surface area contributed by atoms with Crippen LogP contribution in [-0.2, 0) is 10.0 Å². The lowest BCUT2D eigenvalue weighted by Gasteiger charge is -2.29. The molecule has 24 heavy (non-hydrogen) atoms. The normalized spacial score (nSPS) is 17.5. The third-order valence-electron chi connectivity index (χ3n) is 4.26. The number of fused-ring (bicyclic) bond motifs is 1. The van der Waals surface area contributed by atoms with Crippen molar-refractivity contribution in [3.63, 3.8) is 0 Å². The first-order valence-electron chi connectivity index (χ1n) is 7.65. The van der Waals surface area contributed by atoms with E-state index in [0.29, 0.717) is 27.6 Å². The van der Waals surface area contributed by atoms with E-state index in [1.54, 1.807) is 27.8 Å². The average Bonchev–Trinajstić information content (AvgIpc) is 3.21. The van der Waals surface area contributed by atoms with Crippen molar-refractivity contribution < 1.29 is 8.42 Å². The van der Waals surface area contributed by atoms with E-state index in [-0.39, 0.29) is 0 Å². The van der Waals surface area contributed by atoms with E-state index in [2.05, 4.69) is 6.07 Å². The van der Waals surface area contributed by atoms with Crippen molar-refractivity contribution in [2.24, 2.45) is 0 Å². The number of rotatable bonds is 3. The van der Waals surface area contributed by atoms with Crippen molar-refractivity contribution in [1.82, 2.24) is 9.29 Å². The summed E-state index contributed by atoms with van der Waals surface area (Å²) < 4.78 is 28.9. The molecule has 0 spiro atoms. The maximum absolute atomic E-state index is 12.6. The first-order chi connectivity index (χ1) is 11.5. The Morgan fingerprint density at radius 1 is 1.08 bits per heavy atom. The molecular formula is C16H15ClN2O2S3. The molecule has 0 radical (unpaired) electrons. The fraction of sp³-hybridized carbons (Fsp3) is 0.312. The molecule has 4 nitrogen and oxygen atoms in total. The van der Waals surface area contributed by atoms with Crippen molar-refractivity contribution in [2.75, 3.05) is 13.1 Å². The number of hydrogen-bond donors (Lipinski definition) is 0. The first-order valence-corrected chi connectivity index (χ1v) is 11.1. The van der Waals surface area contributed by atoms with E-state index in [9.17, 15) is 8.42 Å². The Balaban J connectivity index is 1.50. The summed E-state index contributed by atoms with van der Waals surface area (Å²) in [6, 6.07) is 11.3. The van der Waals surface area contributed by atoms with Gasteiger partial charge in [-0.25, -0.2) is 13.4 Å². The Kier molecular flexibility index (Phi) is 4.38. The second kappa shape index (κ2) is 6.38. The quantitative estimate of drug-likeness (QED) is 0.648. The van der Waals surface area contributed by atoms with Crippen molar-refractivity contribution in [2.45, 2.75) is 23.0 Å². The largest absolute Gasteiger partial charge is 0.252 e. The molecule has 3 heterocycles. The lowest BCUT2D eigenvalue weighted by Crippen LogP contribution is -2.37. The van der Waals surface area contributed by atoms with Gasteiger partial charge in [0.25, 0.3) is 10.0 Å². The zero-order valence-electron chi connectivity index (χ0n) is 12.7. The predicted molar refractivity (Wildman–Crippen MR) is 99.7 cm³/mol. The molecule has 4 rings (SSSR count). The molecule has 0 bridgehead atoms. The highest BCUT2D eigenvalue weighted by molar-refractivity contribution is 7.91. The fourth-order valence-corrected chi connectivity index (χ4v) is 7.21. The van der Waals surface area contributed by atoms with E-state index < -0.39 is 10.0 Å². The standard InChI is InChI=1S/C16H15ClN2O2S3/c17-14-5-6-15(23-14)24(20,21)19-9-7-11(8-10-19)16-18-12-3-1-2-4-13(12)22-16/h1-6,11H,7-10H2. The predicted octanol–water partition coefficient (Wildman–Crippen LogP) is 4.58. The van der Waals surface area contributed by atoms with E-state index in [1.807, 2.05) is 18.2 Å². The van der Waals surface area contributed by atoms with Crippen LogP contribution in [0.15, 0.2) is 40.6 Å². The number of para-hydroxylation sites is 1. The first kappa shape index (κ1) is 16.5. The van der Waals surface area contributed by atoms with Crippen molar-refractivity contribution in [1.29, 1.82) is 0 Å². The molecule has 8 heteroatoms. The molecule has 0 aliphatic carbocycles. The maximum Gasteiger partial charge on any atom is 0.252 e. The van der Waals surface area contributed by atoms with Crippen molar-refractivity contribution in [3.8, 4) is 0 Å². The minimum absolute atomic E-state index is 0.325. The van der Waals surface area contributed by atoms with E-state index in [0.717, 1.165) is 34.7 Å². The second-order valence-electron chi connectivity index (χ2n) is 5.76.